The highest BCUT2D eigenvalue weighted by Crippen LogP contribution is 2.13. The molecular formula is C13H11NO4. The lowest BCUT2D eigenvalue weighted by atomic mass is 10.1. The summed E-state index contributed by atoms with van der Waals surface area (Å²) in [5, 5.41) is 1.11. The third-order valence-corrected chi connectivity index (χ3v) is 2.67. The Morgan fingerprint density at radius 2 is 2.17 bits per heavy atom. The van der Waals surface area contributed by atoms with Gasteiger partial charge in [-0.2, -0.15) is 0 Å². The summed E-state index contributed by atoms with van der Waals surface area (Å²) in [6.45, 7) is -0.00275. The highest BCUT2D eigenvalue weighted by atomic mass is 16.5. The molecule has 92 valence electrons. The van der Waals surface area contributed by atoms with Crippen LogP contribution >= 0.6 is 0 Å². The van der Waals surface area contributed by atoms with E-state index in [9.17, 15) is 14.4 Å². The first kappa shape index (κ1) is 12.0. The molecule has 1 heterocycles. The van der Waals surface area contributed by atoms with Crippen LogP contribution in [0.3, 0.4) is 0 Å². The lowest BCUT2D eigenvalue weighted by Crippen LogP contribution is -2.20. The molecule has 0 saturated heterocycles. The lowest BCUT2D eigenvalue weighted by molar-refractivity contribution is -0.108. The summed E-state index contributed by atoms with van der Waals surface area (Å²) in [5.41, 5.74) is 0.0105. The summed E-state index contributed by atoms with van der Waals surface area (Å²) in [5.74, 6) is -0.498. The fourth-order valence-electron chi connectivity index (χ4n) is 1.75. The molecule has 0 bridgehead atoms. The second kappa shape index (κ2) is 4.83. The number of carbonyl (C=O) groups excluding carboxylic acids is 2. The first-order chi connectivity index (χ1) is 8.67. The van der Waals surface area contributed by atoms with Gasteiger partial charge in [-0.1, -0.05) is 6.07 Å². The van der Waals surface area contributed by atoms with Gasteiger partial charge < -0.3 is 14.1 Å². The van der Waals surface area contributed by atoms with Gasteiger partial charge in [-0.3, -0.25) is 4.79 Å². The van der Waals surface area contributed by atoms with E-state index in [2.05, 4.69) is 4.74 Å². The number of benzene rings is 1. The molecule has 1 aromatic heterocycles. The molecule has 0 N–H and O–H groups in total. The van der Waals surface area contributed by atoms with Crippen molar-refractivity contribution in [3.8, 4) is 0 Å². The maximum atomic E-state index is 12.0. The van der Waals surface area contributed by atoms with Crippen molar-refractivity contribution >= 4 is 23.0 Å². The highest BCUT2D eigenvalue weighted by molar-refractivity contribution is 5.95. The van der Waals surface area contributed by atoms with Crippen LogP contribution in [-0.2, 0) is 16.1 Å². The summed E-state index contributed by atoms with van der Waals surface area (Å²) in [6, 6.07) is 6.47. The van der Waals surface area contributed by atoms with E-state index in [1.807, 2.05) is 0 Å². The molecule has 5 heteroatoms. The minimum Gasteiger partial charge on any atom is -0.465 e. The Labute approximate surface area is 103 Å². The molecule has 0 fully saturated rings. The van der Waals surface area contributed by atoms with Crippen LogP contribution in [0, 0.1) is 0 Å². The molecule has 0 radical (unpaired) electrons. The van der Waals surface area contributed by atoms with Crippen molar-refractivity contribution in [3.05, 3.63) is 46.4 Å². The number of pyridine rings is 1. The number of carbonyl (C=O) groups is 2. The second-order valence-electron chi connectivity index (χ2n) is 3.73. The Morgan fingerprint density at radius 3 is 2.83 bits per heavy atom. The zero-order valence-corrected chi connectivity index (χ0v) is 9.75. The maximum Gasteiger partial charge on any atom is 0.337 e. The van der Waals surface area contributed by atoms with Crippen LogP contribution < -0.4 is 5.56 Å². The topological polar surface area (TPSA) is 65.4 Å². The summed E-state index contributed by atoms with van der Waals surface area (Å²) >= 11 is 0. The number of rotatable bonds is 3. The molecule has 2 rings (SSSR count). The van der Waals surface area contributed by atoms with E-state index in [4.69, 9.17) is 0 Å². The average Bonchev–Trinajstić information content (AvgIpc) is 2.41. The minimum atomic E-state index is -0.498. The van der Waals surface area contributed by atoms with E-state index in [0.717, 1.165) is 5.39 Å². The van der Waals surface area contributed by atoms with Gasteiger partial charge >= 0.3 is 5.97 Å². The van der Waals surface area contributed by atoms with Gasteiger partial charge in [-0.25, -0.2) is 4.79 Å². The Morgan fingerprint density at radius 1 is 1.39 bits per heavy atom. The van der Waals surface area contributed by atoms with Crippen LogP contribution in [0.25, 0.3) is 10.8 Å². The SMILES string of the molecule is COC(=O)c1ccc2ccn(CC=O)c(=O)c2c1. The van der Waals surface area contributed by atoms with Crippen LogP contribution in [-0.4, -0.2) is 23.9 Å². The van der Waals surface area contributed by atoms with Crippen molar-refractivity contribution < 1.29 is 14.3 Å². The standard InChI is InChI=1S/C13H11NO4/c1-18-13(17)10-3-2-9-4-5-14(6-7-15)12(16)11(9)8-10/h2-5,7-8H,6H2,1H3. The zero-order valence-electron chi connectivity index (χ0n) is 9.75. The smallest absolute Gasteiger partial charge is 0.337 e. The van der Waals surface area contributed by atoms with Gasteiger partial charge in [0.25, 0.3) is 5.56 Å². The summed E-state index contributed by atoms with van der Waals surface area (Å²) in [4.78, 5) is 33.9. The molecule has 5 nitrogen and oxygen atoms in total. The molecule has 0 saturated carbocycles. The van der Waals surface area contributed by atoms with Crippen molar-refractivity contribution in [1.82, 2.24) is 4.57 Å². The number of hydrogen-bond donors (Lipinski definition) is 0. The summed E-state index contributed by atoms with van der Waals surface area (Å²) < 4.78 is 5.89. The Hall–Kier alpha value is -2.43. The van der Waals surface area contributed by atoms with Gasteiger partial charge in [0.2, 0.25) is 0 Å². The Kier molecular flexibility index (Phi) is 3.23. The number of methoxy groups -OCH3 is 1. The largest absolute Gasteiger partial charge is 0.465 e. The zero-order chi connectivity index (χ0) is 13.1. The van der Waals surface area contributed by atoms with Crippen LogP contribution in [0.15, 0.2) is 35.3 Å². The van der Waals surface area contributed by atoms with E-state index in [-0.39, 0.29) is 12.1 Å². The fourth-order valence-corrected chi connectivity index (χ4v) is 1.75. The lowest BCUT2D eigenvalue weighted by Gasteiger charge is -2.05. The molecule has 0 aliphatic carbocycles. The number of hydrogen-bond acceptors (Lipinski definition) is 4. The maximum absolute atomic E-state index is 12.0. The highest BCUT2D eigenvalue weighted by Gasteiger charge is 2.08. The Balaban J connectivity index is 2.66. The van der Waals surface area contributed by atoms with Gasteiger partial charge in [0.05, 0.1) is 19.2 Å². The van der Waals surface area contributed by atoms with Crippen molar-refractivity contribution in [3.63, 3.8) is 0 Å². The number of ether oxygens (including phenoxy) is 1. The molecule has 0 unspecified atom stereocenters. The fraction of sp³-hybridized carbons (Fsp3) is 0.154. The van der Waals surface area contributed by atoms with E-state index in [0.29, 0.717) is 17.2 Å². The quantitative estimate of drug-likeness (QED) is 0.597. The third-order valence-electron chi connectivity index (χ3n) is 2.67. The minimum absolute atomic E-state index is 0.00275. The van der Waals surface area contributed by atoms with Gasteiger partial charge in [-0.05, 0) is 23.6 Å². The number of esters is 1. The molecule has 0 aliphatic heterocycles. The molecule has 1 aromatic carbocycles. The van der Waals surface area contributed by atoms with Crippen LogP contribution in [0.4, 0.5) is 0 Å². The van der Waals surface area contributed by atoms with Gasteiger partial charge in [0.15, 0.2) is 0 Å². The molecule has 0 amide bonds. The second-order valence-corrected chi connectivity index (χ2v) is 3.73. The van der Waals surface area contributed by atoms with Gasteiger partial charge in [0.1, 0.15) is 6.29 Å². The van der Waals surface area contributed by atoms with E-state index in [1.165, 1.54) is 17.7 Å². The molecular weight excluding hydrogens is 234 g/mol. The summed E-state index contributed by atoms with van der Waals surface area (Å²) in [7, 11) is 1.28. The molecule has 0 spiro atoms. The van der Waals surface area contributed by atoms with Crippen LogP contribution in [0.1, 0.15) is 10.4 Å². The number of aldehydes is 1. The van der Waals surface area contributed by atoms with Gasteiger partial charge in [-0.15, -0.1) is 0 Å². The number of aromatic nitrogens is 1. The van der Waals surface area contributed by atoms with Gasteiger partial charge in [0, 0.05) is 11.6 Å². The average molecular weight is 245 g/mol. The van der Waals surface area contributed by atoms with Crippen molar-refractivity contribution in [2.24, 2.45) is 0 Å². The molecule has 0 aliphatic rings. The third kappa shape index (κ3) is 2.02. The van der Waals surface area contributed by atoms with E-state index < -0.39 is 5.97 Å². The molecule has 0 atom stereocenters. The predicted octanol–water partition coefficient (Wildman–Crippen LogP) is 0.987. The summed E-state index contributed by atoms with van der Waals surface area (Å²) in [6.07, 6.45) is 2.20. The van der Waals surface area contributed by atoms with E-state index >= 15 is 0 Å². The number of nitrogens with zero attached hydrogens (tertiary/aromatic N) is 1. The van der Waals surface area contributed by atoms with Crippen molar-refractivity contribution in [2.75, 3.05) is 7.11 Å². The monoisotopic (exact) mass is 245 g/mol. The normalized spacial score (nSPS) is 10.3. The van der Waals surface area contributed by atoms with Crippen LogP contribution in [0.5, 0.6) is 0 Å². The predicted molar refractivity (Wildman–Crippen MR) is 65.6 cm³/mol. The molecule has 2 aromatic rings. The van der Waals surface area contributed by atoms with Crippen molar-refractivity contribution in [1.29, 1.82) is 0 Å². The first-order valence-electron chi connectivity index (χ1n) is 5.32. The Bertz CT molecular complexity index is 672. The van der Waals surface area contributed by atoms with Crippen molar-refractivity contribution in [2.45, 2.75) is 6.54 Å². The van der Waals surface area contributed by atoms with Crippen LogP contribution in [0.2, 0.25) is 0 Å². The molecule has 18 heavy (non-hydrogen) atoms. The number of fused-ring (bicyclic) bond motifs is 1. The van der Waals surface area contributed by atoms with E-state index in [1.54, 1.807) is 24.4 Å². The first-order valence-corrected chi connectivity index (χ1v) is 5.32.